The maximum absolute atomic E-state index is 10.0. The van der Waals surface area contributed by atoms with Crippen LogP contribution in [-0.2, 0) is 4.79 Å². The Morgan fingerprint density at radius 2 is 2.19 bits per heavy atom. The zero-order valence-corrected chi connectivity index (χ0v) is 8.97. The van der Waals surface area contributed by atoms with E-state index in [2.05, 4.69) is 16.2 Å². The van der Waals surface area contributed by atoms with E-state index >= 15 is 0 Å². The second kappa shape index (κ2) is 4.67. The van der Waals surface area contributed by atoms with Gasteiger partial charge in [0.15, 0.2) is 16.6 Å². The quantitative estimate of drug-likeness (QED) is 0.402. The molecule has 16 heavy (non-hydrogen) atoms. The molecule has 6 nitrogen and oxygen atoms in total. The Kier molecular flexibility index (Phi) is 3.06. The maximum atomic E-state index is 10.0. The molecule has 0 fully saturated rings. The van der Waals surface area contributed by atoms with E-state index in [0.29, 0.717) is 17.9 Å². The molecule has 1 aliphatic rings. The smallest absolute Gasteiger partial charge is 0.231 e. The fourth-order valence-electron chi connectivity index (χ4n) is 1.23. The zero-order chi connectivity index (χ0) is 11.4. The highest BCUT2D eigenvalue weighted by Crippen LogP contribution is 2.34. The third-order valence-corrected chi connectivity index (χ3v) is 2.08. The molecule has 3 N–H and O–H groups in total. The van der Waals surface area contributed by atoms with Crippen LogP contribution >= 0.6 is 12.2 Å². The van der Waals surface area contributed by atoms with Crippen molar-refractivity contribution in [3.8, 4) is 11.5 Å². The second-order valence-electron chi connectivity index (χ2n) is 2.91. The predicted molar refractivity (Wildman–Crippen MR) is 61.1 cm³/mol. The number of nitrogens with one attached hydrogen (secondary N) is 3. The minimum absolute atomic E-state index is 0.230. The first-order valence-electron chi connectivity index (χ1n) is 4.45. The van der Waals surface area contributed by atoms with E-state index in [1.54, 1.807) is 18.2 Å². The van der Waals surface area contributed by atoms with Crippen molar-refractivity contribution >= 4 is 29.4 Å². The van der Waals surface area contributed by atoms with Gasteiger partial charge in [-0.15, -0.1) is 0 Å². The number of amides is 1. The van der Waals surface area contributed by atoms with Gasteiger partial charge in [-0.1, -0.05) is 0 Å². The number of rotatable bonds is 3. The van der Waals surface area contributed by atoms with Crippen molar-refractivity contribution < 1.29 is 14.3 Å². The number of benzene rings is 1. The Bertz CT molecular complexity index is 424. The summed E-state index contributed by atoms with van der Waals surface area (Å²) in [6.07, 6.45) is 0.494. The summed E-state index contributed by atoms with van der Waals surface area (Å²) in [5, 5.41) is 3.15. The molecular formula is C9H9N3O3S. The molecular weight excluding hydrogens is 230 g/mol. The number of hydrogen-bond donors (Lipinski definition) is 3. The van der Waals surface area contributed by atoms with Crippen LogP contribution in [0.3, 0.4) is 0 Å². The van der Waals surface area contributed by atoms with Crippen molar-refractivity contribution in [2.75, 3.05) is 12.1 Å². The highest BCUT2D eigenvalue weighted by molar-refractivity contribution is 7.80. The average Bonchev–Trinajstić information content (AvgIpc) is 2.73. The summed E-state index contributed by atoms with van der Waals surface area (Å²) < 4.78 is 10.4. The van der Waals surface area contributed by atoms with Crippen molar-refractivity contribution in [1.29, 1.82) is 0 Å². The number of fused-ring (bicyclic) bond motifs is 1. The number of hydrogen-bond acceptors (Lipinski definition) is 4. The van der Waals surface area contributed by atoms with Crippen LogP contribution in [0.5, 0.6) is 11.5 Å². The summed E-state index contributed by atoms with van der Waals surface area (Å²) in [6, 6.07) is 5.33. The van der Waals surface area contributed by atoms with Crippen LogP contribution in [0.4, 0.5) is 5.69 Å². The van der Waals surface area contributed by atoms with Crippen LogP contribution < -0.4 is 25.6 Å². The molecule has 0 unspecified atom stereocenters. The molecule has 1 aliphatic heterocycles. The molecule has 0 radical (unpaired) electrons. The monoisotopic (exact) mass is 239 g/mol. The molecule has 0 aromatic heterocycles. The maximum Gasteiger partial charge on any atom is 0.231 e. The first-order chi connectivity index (χ1) is 7.79. The van der Waals surface area contributed by atoms with Gasteiger partial charge in [-0.25, -0.2) is 0 Å². The Hall–Kier alpha value is -2.02. The molecule has 2 rings (SSSR count). The van der Waals surface area contributed by atoms with Crippen LogP contribution in [0.2, 0.25) is 0 Å². The number of carbonyl (C=O) groups is 1. The van der Waals surface area contributed by atoms with Gasteiger partial charge in [-0.05, 0) is 24.4 Å². The lowest BCUT2D eigenvalue weighted by Gasteiger charge is -2.09. The Balaban J connectivity index is 1.99. The second-order valence-corrected chi connectivity index (χ2v) is 3.32. The van der Waals surface area contributed by atoms with Gasteiger partial charge in [0.05, 0.1) is 0 Å². The first-order valence-corrected chi connectivity index (χ1v) is 4.86. The summed E-state index contributed by atoms with van der Waals surface area (Å²) in [5.74, 6) is 1.37. The summed E-state index contributed by atoms with van der Waals surface area (Å²) in [6.45, 7) is 0.230. The molecule has 0 bridgehead atoms. The number of hydrazine groups is 1. The first kappa shape index (κ1) is 10.5. The van der Waals surface area contributed by atoms with Gasteiger partial charge in [-0.2, -0.15) is 0 Å². The van der Waals surface area contributed by atoms with Crippen LogP contribution in [0.1, 0.15) is 0 Å². The fourth-order valence-corrected chi connectivity index (χ4v) is 1.41. The Labute approximate surface area is 96.9 Å². The summed E-state index contributed by atoms with van der Waals surface area (Å²) in [7, 11) is 0. The summed E-state index contributed by atoms with van der Waals surface area (Å²) in [4.78, 5) is 10.0. The molecule has 84 valence electrons. The van der Waals surface area contributed by atoms with Crippen molar-refractivity contribution in [3.05, 3.63) is 18.2 Å². The van der Waals surface area contributed by atoms with Crippen LogP contribution in [-0.4, -0.2) is 18.3 Å². The van der Waals surface area contributed by atoms with Gasteiger partial charge in [0, 0.05) is 11.8 Å². The SMILES string of the molecule is O=CNNC(=S)Nc1ccc2c(c1)OCO2. The van der Waals surface area contributed by atoms with Crippen molar-refractivity contribution in [2.24, 2.45) is 0 Å². The van der Waals surface area contributed by atoms with Gasteiger partial charge < -0.3 is 14.8 Å². The molecule has 1 amide bonds. The van der Waals surface area contributed by atoms with Crippen molar-refractivity contribution in [1.82, 2.24) is 10.9 Å². The van der Waals surface area contributed by atoms with Gasteiger partial charge >= 0.3 is 0 Å². The number of ether oxygens (including phenoxy) is 2. The lowest BCUT2D eigenvalue weighted by Crippen LogP contribution is -2.39. The summed E-state index contributed by atoms with van der Waals surface area (Å²) in [5.41, 5.74) is 5.45. The lowest BCUT2D eigenvalue weighted by atomic mass is 10.3. The third kappa shape index (κ3) is 2.31. The normalized spacial score (nSPS) is 11.8. The molecule has 0 spiro atoms. The molecule has 1 heterocycles. The van der Waals surface area contributed by atoms with E-state index < -0.39 is 0 Å². The molecule has 0 aliphatic carbocycles. The Morgan fingerprint density at radius 3 is 3.00 bits per heavy atom. The third-order valence-electron chi connectivity index (χ3n) is 1.88. The van der Waals surface area contributed by atoms with Crippen molar-refractivity contribution in [3.63, 3.8) is 0 Å². The van der Waals surface area contributed by atoms with E-state index in [1.807, 2.05) is 0 Å². The van der Waals surface area contributed by atoms with Gasteiger partial charge in [0.25, 0.3) is 0 Å². The van der Waals surface area contributed by atoms with Gasteiger partial charge in [0.1, 0.15) is 0 Å². The van der Waals surface area contributed by atoms with E-state index in [9.17, 15) is 4.79 Å². The van der Waals surface area contributed by atoms with E-state index in [1.165, 1.54) is 0 Å². The molecule has 0 saturated heterocycles. The largest absolute Gasteiger partial charge is 0.454 e. The minimum atomic E-state index is 0.230. The minimum Gasteiger partial charge on any atom is -0.454 e. The zero-order valence-electron chi connectivity index (χ0n) is 8.15. The van der Waals surface area contributed by atoms with E-state index in [0.717, 1.165) is 5.69 Å². The topological polar surface area (TPSA) is 71.6 Å². The molecule has 0 atom stereocenters. The molecule has 7 heteroatoms. The molecule has 0 saturated carbocycles. The molecule has 1 aromatic carbocycles. The number of anilines is 1. The van der Waals surface area contributed by atoms with Crippen LogP contribution in [0, 0.1) is 0 Å². The van der Waals surface area contributed by atoms with Crippen molar-refractivity contribution in [2.45, 2.75) is 0 Å². The van der Waals surface area contributed by atoms with E-state index in [-0.39, 0.29) is 11.9 Å². The van der Waals surface area contributed by atoms with E-state index in [4.69, 9.17) is 21.7 Å². The predicted octanol–water partition coefficient (Wildman–Crippen LogP) is 0.363. The lowest BCUT2D eigenvalue weighted by molar-refractivity contribution is -0.110. The fraction of sp³-hybridized carbons (Fsp3) is 0.111. The standard InChI is InChI=1S/C9H9N3O3S/c13-4-10-12-9(16)11-6-1-2-7-8(3-6)15-5-14-7/h1-4H,5H2,(H,10,13)(H2,11,12,16). The highest BCUT2D eigenvalue weighted by atomic mass is 32.1. The highest BCUT2D eigenvalue weighted by Gasteiger charge is 2.13. The van der Waals surface area contributed by atoms with Gasteiger partial charge in [-0.3, -0.25) is 15.6 Å². The van der Waals surface area contributed by atoms with Gasteiger partial charge in [0.2, 0.25) is 13.2 Å². The average molecular weight is 239 g/mol. The number of thiocarbonyl (C=S) groups is 1. The van der Waals surface area contributed by atoms with Crippen LogP contribution in [0.15, 0.2) is 18.2 Å². The Morgan fingerprint density at radius 1 is 1.38 bits per heavy atom. The van der Waals surface area contributed by atoms with Crippen LogP contribution in [0.25, 0.3) is 0 Å². The number of carbonyl (C=O) groups excluding carboxylic acids is 1. The molecule has 1 aromatic rings. The summed E-state index contributed by atoms with van der Waals surface area (Å²) >= 11 is 4.91.